The van der Waals surface area contributed by atoms with E-state index in [1.807, 2.05) is 0 Å². The zero-order chi connectivity index (χ0) is 12.8. The van der Waals surface area contributed by atoms with Gasteiger partial charge in [0.15, 0.2) is 0 Å². The molecular weight excluding hydrogens is 208 g/mol. The van der Waals surface area contributed by atoms with Gasteiger partial charge in [-0.25, -0.2) is 0 Å². The highest BCUT2D eigenvalue weighted by molar-refractivity contribution is 5.16. The van der Waals surface area contributed by atoms with Gasteiger partial charge in [-0.3, -0.25) is 0 Å². The molecule has 0 aliphatic rings. The van der Waals surface area contributed by atoms with Crippen molar-refractivity contribution in [3.05, 3.63) is 24.0 Å². The fourth-order valence-corrected chi connectivity index (χ4v) is 2.15. The smallest absolute Gasteiger partial charge is 0.0358 e. The molecule has 0 bridgehead atoms. The molecule has 0 aliphatic carbocycles. The van der Waals surface area contributed by atoms with Crippen LogP contribution in [0.3, 0.4) is 0 Å². The molecule has 1 unspecified atom stereocenters. The molecule has 1 rings (SSSR count). The zero-order valence-electron chi connectivity index (χ0n) is 12.0. The van der Waals surface area contributed by atoms with Crippen LogP contribution in [0, 0.1) is 11.8 Å². The van der Waals surface area contributed by atoms with Crippen LogP contribution in [-0.2, 0) is 6.54 Å². The van der Waals surface area contributed by atoms with E-state index in [4.69, 9.17) is 0 Å². The van der Waals surface area contributed by atoms with Crippen LogP contribution in [0.15, 0.2) is 18.5 Å². The van der Waals surface area contributed by atoms with Crippen LogP contribution in [0.25, 0.3) is 0 Å². The fraction of sp³-hybridized carbons (Fsp3) is 0.733. The molecule has 2 heteroatoms. The molecule has 0 fully saturated rings. The number of hydrogen-bond acceptors (Lipinski definition) is 1. The molecule has 0 saturated carbocycles. The van der Waals surface area contributed by atoms with Crippen molar-refractivity contribution in [3.63, 3.8) is 0 Å². The predicted molar refractivity (Wildman–Crippen MR) is 75.1 cm³/mol. The Morgan fingerprint density at radius 1 is 1.24 bits per heavy atom. The minimum atomic E-state index is 0.486. The van der Waals surface area contributed by atoms with Crippen LogP contribution in [0.4, 0.5) is 0 Å². The summed E-state index contributed by atoms with van der Waals surface area (Å²) < 4.78 is 2.32. The van der Waals surface area contributed by atoms with E-state index in [9.17, 15) is 0 Å². The van der Waals surface area contributed by atoms with E-state index in [0.717, 1.165) is 19.0 Å². The van der Waals surface area contributed by atoms with E-state index in [0.29, 0.717) is 12.0 Å². The molecule has 0 aromatic carbocycles. The first kappa shape index (κ1) is 14.3. The second-order valence-electron chi connectivity index (χ2n) is 5.64. The van der Waals surface area contributed by atoms with Crippen LogP contribution in [0.2, 0.25) is 0 Å². The predicted octanol–water partition coefficient (Wildman–Crippen LogP) is 3.84. The van der Waals surface area contributed by atoms with Crippen molar-refractivity contribution in [2.45, 2.75) is 53.6 Å². The van der Waals surface area contributed by atoms with Crippen molar-refractivity contribution in [2.24, 2.45) is 11.8 Å². The molecule has 0 radical (unpaired) electrons. The number of hydrogen-bond donors (Lipinski definition) is 1. The summed E-state index contributed by atoms with van der Waals surface area (Å²) in [5.41, 5.74) is 1.42. The van der Waals surface area contributed by atoms with Crippen molar-refractivity contribution in [1.82, 2.24) is 9.88 Å². The van der Waals surface area contributed by atoms with Crippen molar-refractivity contribution >= 4 is 0 Å². The van der Waals surface area contributed by atoms with E-state index in [1.54, 1.807) is 0 Å². The van der Waals surface area contributed by atoms with Gasteiger partial charge in [0.05, 0.1) is 0 Å². The molecule has 0 aliphatic heterocycles. The topological polar surface area (TPSA) is 17.0 Å². The van der Waals surface area contributed by atoms with Crippen molar-refractivity contribution in [3.8, 4) is 0 Å². The normalized spacial score (nSPS) is 13.6. The average molecular weight is 236 g/mol. The molecule has 17 heavy (non-hydrogen) atoms. The van der Waals surface area contributed by atoms with Gasteiger partial charge in [0.2, 0.25) is 0 Å². The molecule has 1 aromatic heterocycles. The SMILES string of the molecule is CCNC(c1ccn(CCC(C)C)c1)C(C)C. The van der Waals surface area contributed by atoms with Crippen molar-refractivity contribution < 1.29 is 0 Å². The highest BCUT2D eigenvalue weighted by Crippen LogP contribution is 2.22. The molecule has 1 aromatic rings. The largest absolute Gasteiger partial charge is 0.354 e. The standard InChI is InChI=1S/C15H28N2/c1-6-16-15(13(4)5)14-8-10-17(11-14)9-7-12(2)3/h8,10-13,15-16H,6-7,9H2,1-5H3. The number of nitrogens with one attached hydrogen (secondary N) is 1. The Morgan fingerprint density at radius 3 is 2.47 bits per heavy atom. The maximum absolute atomic E-state index is 3.56. The third-order valence-electron chi connectivity index (χ3n) is 3.19. The third-order valence-corrected chi connectivity index (χ3v) is 3.19. The number of rotatable bonds is 7. The molecular formula is C15H28N2. The summed E-state index contributed by atoms with van der Waals surface area (Å²) in [5, 5.41) is 3.56. The number of aromatic nitrogens is 1. The lowest BCUT2D eigenvalue weighted by molar-refractivity contribution is 0.420. The summed E-state index contributed by atoms with van der Waals surface area (Å²) in [5.74, 6) is 1.41. The Balaban J connectivity index is 2.64. The lowest BCUT2D eigenvalue weighted by Gasteiger charge is -2.20. The van der Waals surface area contributed by atoms with Gasteiger partial charge in [0, 0.05) is 25.0 Å². The van der Waals surface area contributed by atoms with Gasteiger partial charge in [-0.15, -0.1) is 0 Å². The van der Waals surface area contributed by atoms with E-state index in [1.165, 1.54) is 12.0 Å². The van der Waals surface area contributed by atoms with Gasteiger partial charge in [0.25, 0.3) is 0 Å². The highest BCUT2D eigenvalue weighted by Gasteiger charge is 2.15. The van der Waals surface area contributed by atoms with E-state index in [2.05, 4.69) is 63.0 Å². The molecule has 1 atom stereocenters. The summed E-state index contributed by atoms with van der Waals surface area (Å²) in [6, 6.07) is 2.74. The molecule has 0 spiro atoms. The minimum absolute atomic E-state index is 0.486. The van der Waals surface area contributed by atoms with E-state index >= 15 is 0 Å². The Bertz CT molecular complexity index is 312. The Hall–Kier alpha value is -0.760. The summed E-state index contributed by atoms with van der Waals surface area (Å²) in [4.78, 5) is 0. The second-order valence-corrected chi connectivity index (χ2v) is 5.64. The van der Waals surface area contributed by atoms with Gasteiger partial charge in [-0.2, -0.15) is 0 Å². The van der Waals surface area contributed by atoms with Gasteiger partial charge in [-0.1, -0.05) is 34.6 Å². The Labute approximate surface area is 106 Å². The van der Waals surface area contributed by atoms with Crippen molar-refractivity contribution in [2.75, 3.05) is 6.54 Å². The number of aryl methyl sites for hydroxylation is 1. The Morgan fingerprint density at radius 2 is 1.94 bits per heavy atom. The fourth-order valence-electron chi connectivity index (χ4n) is 2.15. The highest BCUT2D eigenvalue weighted by atomic mass is 15.0. The van der Waals surface area contributed by atoms with Gasteiger partial charge >= 0.3 is 0 Å². The summed E-state index contributed by atoms with van der Waals surface area (Å²) >= 11 is 0. The molecule has 1 heterocycles. The zero-order valence-corrected chi connectivity index (χ0v) is 12.0. The number of nitrogens with zero attached hydrogens (tertiary/aromatic N) is 1. The molecule has 98 valence electrons. The van der Waals surface area contributed by atoms with Crippen LogP contribution < -0.4 is 5.32 Å². The van der Waals surface area contributed by atoms with Crippen molar-refractivity contribution in [1.29, 1.82) is 0 Å². The lowest BCUT2D eigenvalue weighted by atomic mass is 9.98. The lowest BCUT2D eigenvalue weighted by Crippen LogP contribution is -2.25. The summed E-state index contributed by atoms with van der Waals surface area (Å²) in [6.07, 6.45) is 5.77. The van der Waals surface area contributed by atoms with E-state index < -0.39 is 0 Å². The quantitative estimate of drug-likeness (QED) is 0.761. The van der Waals surface area contributed by atoms with Gasteiger partial charge in [-0.05, 0) is 36.4 Å². The first-order chi connectivity index (χ1) is 8.04. The second kappa shape index (κ2) is 6.85. The molecule has 2 nitrogen and oxygen atoms in total. The van der Waals surface area contributed by atoms with Crippen LogP contribution in [-0.4, -0.2) is 11.1 Å². The molecule has 0 saturated heterocycles. The Kier molecular flexibility index (Phi) is 5.76. The minimum Gasteiger partial charge on any atom is -0.354 e. The average Bonchev–Trinajstić information content (AvgIpc) is 2.71. The van der Waals surface area contributed by atoms with Crippen LogP contribution in [0.1, 0.15) is 52.6 Å². The van der Waals surface area contributed by atoms with Gasteiger partial charge in [0.1, 0.15) is 0 Å². The maximum Gasteiger partial charge on any atom is 0.0358 e. The van der Waals surface area contributed by atoms with E-state index in [-0.39, 0.29) is 0 Å². The summed E-state index contributed by atoms with van der Waals surface area (Å²) in [7, 11) is 0. The first-order valence-corrected chi connectivity index (χ1v) is 6.93. The van der Waals surface area contributed by atoms with Gasteiger partial charge < -0.3 is 9.88 Å². The van der Waals surface area contributed by atoms with Crippen LogP contribution in [0.5, 0.6) is 0 Å². The monoisotopic (exact) mass is 236 g/mol. The first-order valence-electron chi connectivity index (χ1n) is 6.93. The molecule has 0 amide bonds. The summed E-state index contributed by atoms with van der Waals surface area (Å²) in [6.45, 7) is 13.4. The van der Waals surface area contributed by atoms with Crippen LogP contribution >= 0.6 is 0 Å². The maximum atomic E-state index is 3.56. The third kappa shape index (κ3) is 4.55. The molecule has 1 N–H and O–H groups in total.